The fourth-order valence-corrected chi connectivity index (χ4v) is 4.38. The molecule has 2 saturated heterocycles. The van der Waals surface area contributed by atoms with E-state index in [0.29, 0.717) is 12.5 Å². The van der Waals surface area contributed by atoms with Crippen LogP contribution < -0.4 is 0 Å². The zero-order valence-electron chi connectivity index (χ0n) is 15.6. The summed E-state index contributed by atoms with van der Waals surface area (Å²) in [7, 11) is 0. The molecule has 1 amide bonds. The SMILES string of the molecule is O=C(CN1CCCC(c2cccc(-c3cccc(Cl)c3)n2)C1)N1CCCC1. The van der Waals surface area contributed by atoms with Crippen LogP contribution in [-0.4, -0.2) is 53.4 Å². The third kappa shape index (κ3) is 4.50. The summed E-state index contributed by atoms with van der Waals surface area (Å²) >= 11 is 6.13. The predicted octanol–water partition coefficient (Wildman–Crippen LogP) is 4.20. The highest BCUT2D eigenvalue weighted by molar-refractivity contribution is 6.30. The number of carbonyl (C=O) groups is 1. The average Bonchev–Trinajstić information content (AvgIpc) is 3.23. The first-order valence-corrected chi connectivity index (χ1v) is 10.3. The van der Waals surface area contributed by atoms with Gasteiger partial charge in [-0.1, -0.05) is 29.8 Å². The van der Waals surface area contributed by atoms with Gasteiger partial charge in [-0.25, -0.2) is 0 Å². The molecule has 4 rings (SSSR count). The minimum absolute atomic E-state index is 0.286. The van der Waals surface area contributed by atoms with E-state index in [1.807, 2.05) is 35.2 Å². The van der Waals surface area contributed by atoms with Gasteiger partial charge in [0.25, 0.3) is 0 Å². The highest BCUT2D eigenvalue weighted by atomic mass is 35.5. The van der Waals surface area contributed by atoms with Crippen LogP contribution in [0.15, 0.2) is 42.5 Å². The molecule has 27 heavy (non-hydrogen) atoms. The summed E-state index contributed by atoms with van der Waals surface area (Å²) in [5.41, 5.74) is 3.12. The van der Waals surface area contributed by atoms with E-state index in [2.05, 4.69) is 17.0 Å². The van der Waals surface area contributed by atoms with Crippen molar-refractivity contribution in [3.05, 3.63) is 53.2 Å². The second-order valence-electron chi connectivity index (χ2n) is 7.62. The van der Waals surface area contributed by atoms with Gasteiger partial charge in [-0.3, -0.25) is 14.7 Å². The Hall–Kier alpha value is -1.91. The van der Waals surface area contributed by atoms with Gasteiger partial charge < -0.3 is 4.90 Å². The first-order valence-electron chi connectivity index (χ1n) is 9.92. The molecule has 2 aliphatic rings. The molecule has 2 aliphatic heterocycles. The summed E-state index contributed by atoms with van der Waals surface area (Å²) < 4.78 is 0. The monoisotopic (exact) mass is 383 g/mol. The number of carbonyl (C=O) groups excluding carboxylic acids is 1. The van der Waals surface area contributed by atoms with Gasteiger partial charge in [0, 0.05) is 41.8 Å². The Kier molecular flexibility index (Phi) is 5.74. The summed E-state index contributed by atoms with van der Waals surface area (Å²) in [6, 6.07) is 14.1. The molecular weight excluding hydrogens is 358 g/mol. The summed E-state index contributed by atoms with van der Waals surface area (Å²) in [5.74, 6) is 0.665. The molecular formula is C22H26ClN3O. The standard InChI is InChI=1S/C22H26ClN3O/c23-19-8-3-6-17(14-19)20-9-4-10-21(24-20)18-7-5-11-25(15-18)16-22(27)26-12-1-2-13-26/h3-4,6,8-10,14,18H,1-2,5,7,11-13,15-16H2. The molecule has 3 heterocycles. The van der Waals surface area contributed by atoms with Crippen molar-refractivity contribution in [1.82, 2.24) is 14.8 Å². The third-order valence-electron chi connectivity index (χ3n) is 5.63. The van der Waals surface area contributed by atoms with Gasteiger partial charge in [0.2, 0.25) is 5.91 Å². The van der Waals surface area contributed by atoms with Crippen LogP contribution in [-0.2, 0) is 4.79 Å². The first kappa shape index (κ1) is 18.5. The Labute approximate surface area is 166 Å². The number of hydrogen-bond donors (Lipinski definition) is 0. The molecule has 0 saturated carbocycles. The fourth-order valence-electron chi connectivity index (χ4n) is 4.19. The van der Waals surface area contributed by atoms with Crippen molar-refractivity contribution >= 4 is 17.5 Å². The van der Waals surface area contributed by atoms with Gasteiger partial charge in [-0.2, -0.15) is 0 Å². The van der Waals surface area contributed by atoms with E-state index in [1.54, 1.807) is 0 Å². The molecule has 0 aliphatic carbocycles. The maximum Gasteiger partial charge on any atom is 0.236 e. The van der Waals surface area contributed by atoms with Crippen molar-refractivity contribution in [2.45, 2.75) is 31.6 Å². The molecule has 142 valence electrons. The van der Waals surface area contributed by atoms with Crippen molar-refractivity contribution in [3.63, 3.8) is 0 Å². The average molecular weight is 384 g/mol. The summed E-state index contributed by atoms with van der Waals surface area (Å²) in [6.07, 6.45) is 4.53. The molecule has 1 aromatic carbocycles. The predicted molar refractivity (Wildman–Crippen MR) is 109 cm³/mol. The lowest BCUT2D eigenvalue weighted by Crippen LogP contribution is -2.43. The van der Waals surface area contributed by atoms with Crippen LogP contribution in [0.3, 0.4) is 0 Å². The summed E-state index contributed by atoms with van der Waals surface area (Å²) in [5, 5.41) is 0.726. The quantitative estimate of drug-likeness (QED) is 0.793. The zero-order chi connectivity index (χ0) is 18.6. The molecule has 0 bridgehead atoms. The van der Waals surface area contributed by atoms with Crippen molar-refractivity contribution in [1.29, 1.82) is 0 Å². The van der Waals surface area contributed by atoms with E-state index in [1.165, 1.54) is 0 Å². The second kappa shape index (κ2) is 8.41. The van der Waals surface area contributed by atoms with Crippen LogP contribution >= 0.6 is 11.6 Å². The normalized spacial score (nSPS) is 20.8. The number of nitrogens with zero attached hydrogens (tertiary/aromatic N) is 3. The summed E-state index contributed by atoms with van der Waals surface area (Å²) in [4.78, 5) is 21.7. The van der Waals surface area contributed by atoms with Crippen molar-refractivity contribution in [2.24, 2.45) is 0 Å². The number of piperidine rings is 1. The zero-order valence-corrected chi connectivity index (χ0v) is 16.4. The molecule has 0 spiro atoms. The number of likely N-dealkylation sites (tertiary alicyclic amines) is 2. The van der Waals surface area contributed by atoms with E-state index in [4.69, 9.17) is 16.6 Å². The van der Waals surface area contributed by atoms with Crippen LogP contribution in [0.2, 0.25) is 5.02 Å². The Morgan fingerprint density at radius 1 is 1.07 bits per heavy atom. The van der Waals surface area contributed by atoms with E-state index in [9.17, 15) is 4.79 Å². The Morgan fingerprint density at radius 2 is 1.89 bits per heavy atom. The van der Waals surface area contributed by atoms with Gasteiger partial charge in [0.1, 0.15) is 0 Å². The molecule has 2 aromatic rings. The maximum absolute atomic E-state index is 12.5. The van der Waals surface area contributed by atoms with Crippen molar-refractivity contribution in [2.75, 3.05) is 32.7 Å². The molecule has 1 aromatic heterocycles. The molecule has 1 atom stereocenters. The molecule has 0 N–H and O–H groups in total. The van der Waals surface area contributed by atoms with Gasteiger partial charge in [-0.05, 0) is 56.5 Å². The van der Waals surface area contributed by atoms with Gasteiger partial charge >= 0.3 is 0 Å². The number of pyridine rings is 1. The third-order valence-corrected chi connectivity index (χ3v) is 5.87. The molecule has 2 fully saturated rings. The maximum atomic E-state index is 12.5. The van der Waals surface area contributed by atoms with Gasteiger partial charge in [0.15, 0.2) is 0 Å². The Bertz CT molecular complexity index is 804. The number of halogens is 1. The Morgan fingerprint density at radius 3 is 2.70 bits per heavy atom. The first-order chi connectivity index (χ1) is 13.2. The van der Waals surface area contributed by atoms with E-state index in [-0.39, 0.29) is 5.91 Å². The fraction of sp³-hybridized carbons (Fsp3) is 0.455. The van der Waals surface area contributed by atoms with Crippen LogP contribution in [0.1, 0.15) is 37.3 Å². The van der Waals surface area contributed by atoms with Crippen LogP contribution in [0, 0.1) is 0 Å². The highest BCUT2D eigenvalue weighted by Gasteiger charge is 2.26. The molecule has 4 nitrogen and oxygen atoms in total. The Balaban J connectivity index is 1.45. The van der Waals surface area contributed by atoms with E-state index < -0.39 is 0 Å². The van der Waals surface area contributed by atoms with E-state index in [0.717, 1.165) is 73.8 Å². The number of aromatic nitrogens is 1. The minimum atomic E-state index is 0.286. The highest BCUT2D eigenvalue weighted by Crippen LogP contribution is 2.28. The lowest BCUT2D eigenvalue weighted by molar-refractivity contribution is -0.131. The van der Waals surface area contributed by atoms with Crippen molar-refractivity contribution in [3.8, 4) is 11.3 Å². The molecule has 5 heteroatoms. The number of benzene rings is 1. The van der Waals surface area contributed by atoms with Gasteiger partial charge in [0.05, 0.1) is 12.2 Å². The topological polar surface area (TPSA) is 36.4 Å². The number of amides is 1. The minimum Gasteiger partial charge on any atom is -0.342 e. The smallest absolute Gasteiger partial charge is 0.236 e. The van der Waals surface area contributed by atoms with Crippen LogP contribution in [0.25, 0.3) is 11.3 Å². The lowest BCUT2D eigenvalue weighted by Gasteiger charge is -2.33. The van der Waals surface area contributed by atoms with Gasteiger partial charge in [-0.15, -0.1) is 0 Å². The number of rotatable bonds is 4. The molecule has 1 unspecified atom stereocenters. The van der Waals surface area contributed by atoms with Crippen LogP contribution in [0.4, 0.5) is 0 Å². The largest absolute Gasteiger partial charge is 0.342 e. The molecule has 0 radical (unpaired) electrons. The van der Waals surface area contributed by atoms with E-state index >= 15 is 0 Å². The van der Waals surface area contributed by atoms with Crippen molar-refractivity contribution < 1.29 is 4.79 Å². The van der Waals surface area contributed by atoms with Crippen LogP contribution in [0.5, 0.6) is 0 Å². The summed E-state index contributed by atoms with van der Waals surface area (Å²) in [6.45, 7) is 4.32. The second-order valence-corrected chi connectivity index (χ2v) is 8.06. The number of hydrogen-bond acceptors (Lipinski definition) is 3. The lowest BCUT2D eigenvalue weighted by atomic mass is 9.94.